The summed E-state index contributed by atoms with van der Waals surface area (Å²) in [5, 5.41) is 7.23. The van der Waals surface area contributed by atoms with Crippen LogP contribution in [0.3, 0.4) is 0 Å². The average molecular weight is 289 g/mol. The van der Waals surface area contributed by atoms with Crippen molar-refractivity contribution in [2.75, 3.05) is 26.3 Å². The van der Waals surface area contributed by atoms with E-state index < -0.39 is 0 Å². The van der Waals surface area contributed by atoms with E-state index >= 15 is 0 Å². The van der Waals surface area contributed by atoms with Gasteiger partial charge < -0.3 is 15.4 Å². The summed E-state index contributed by atoms with van der Waals surface area (Å²) in [6.07, 6.45) is 7.57. The second-order valence-electron chi connectivity index (χ2n) is 5.33. The molecule has 0 rings (SSSR count). The van der Waals surface area contributed by atoms with Crippen LogP contribution in [0.1, 0.15) is 59.3 Å². The van der Waals surface area contributed by atoms with Gasteiger partial charge in [0.05, 0.1) is 0 Å². The quantitative estimate of drug-likeness (QED) is 0.425. The Kier molecular flexibility index (Phi) is 13.8. The van der Waals surface area contributed by atoms with Crippen LogP contribution in [0.15, 0.2) is 0 Å². The van der Waals surface area contributed by atoms with Crippen LogP contribution in [0.25, 0.3) is 0 Å². The summed E-state index contributed by atoms with van der Waals surface area (Å²) in [5.41, 5.74) is 0. The molecule has 0 aliphatic carbocycles. The van der Waals surface area contributed by atoms with Crippen molar-refractivity contribution in [2.24, 2.45) is 5.92 Å². The number of unbranched alkanes of at least 4 members (excludes halogenated alkanes) is 3. The van der Waals surface area contributed by atoms with Gasteiger partial charge in [-0.15, -0.1) is 0 Å². The lowest BCUT2D eigenvalue weighted by atomic mass is 10.0. The minimum absolute atomic E-state index is 0.777. The highest BCUT2D eigenvalue weighted by atomic mass is 32.1. The fourth-order valence-corrected chi connectivity index (χ4v) is 2.02. The van der Waals surface area contributed by atoms with Crippen molar-refractivity contribution in [1.82, 2.24) is 10.6 Å². The van der Waals surface area contributed by atoms with Gasteiger partial charge in [0, 0.05) is 26.3 Å². The first-order valence-corrected chi connectivity index (χ1v) is 8.17. The minimum Gasteiger partial charge on any atom is -0.382 e. The van der Waals surface area contributed by atoms with Crippen LogP contribution in [0.5, 0.6) is 0 Å². The van der Waals surface area contributed by atoms with Gasteiger partial charge in [0.15, 0.2) is 5.11 Å². The topological polar surface area (TPSA) is 33.3 Å². The van der Waals surface area contributed by atoms with Gasteiger partial charge in [-0.25, -0.2) is 0 Å². The lowest BCUT2D eigenvalue weighted by Crippen LogP contribution is -2.36. The predicted molar refractivity (Wildman–Crippen MR) is 87.6 cm³/mol. The molecule has 0 unspecified atom stereocenters. The summed E-state index contributed by atoms with van der Waals surface area (Å²) < 4.78 is 5.26. The largest absolute Gasteiger partial charge is 0.382 e. The Hall–Kier alpha value is -0.350. The molecule has 0 aromatic heterocycles. The molecule has 0 fully saturated rings. The summed E-state index contributed by atoms with van der Waals surface area (Å²) in [6, 6.07) is 0. The van der Waals surface area contributed by atoms with E-state index in [2.05, 4.69) is 24.5 Å². The summed E-state index contributed by atoms with van der Waals surface area (Å²) in [4.78, 5) is 0. The Bertz CT molecular complexity index is 210. The Morgan fingerprint density at radius 2 is 1.63 bits per heavy atom. The van der Waals surface area contributed by atoms with E-state index in [4.69, 9.17) is 17.0 Å². The van der Waals surface area contributed by atoms with Crippen LogP contribution in [-0.4, -0.2) is 31.4 Å². The molecule has 0 amide bonds. The van der Waals surface area contributed by atoms with Crippen LogP contribution in [0.4, 0.5) is 0 Å². The first kappa shape index (κ1) is 18.7. The van der Waals surface area contributed by atoms with E-state index in [1.54, 1.807) is 0 Å². The van der Waals surface area contributed by atoms with Crippen molar-refractivity contribution in [3.8, 4) is 0 Å². The van der Waals surface area contributed by atoms with Gasteiger partial charge in [0.25, 0.3) is 0 Å². The van der Waals surface area contributed by atoms with Gasteiger partial charge >= 0.3 is 0 Å². The Morgan fingerprint density at radius 3 is 2.26 bits per heavy atom. The fourth-order valence-electron chi connectivity index (χ4n) is 1.82. The monoisotopic (exact) mass is 288 g/mol. The van der Waals surface area contributed by atoms with Gasteiger partial charge in [-0.1, -0.05) is 39.5 Å². The Labute approximate surface area is 124 Å². The number of hydrogen-bond acceptors (Lipinski definition) is 2. The average Bonchev–Trinajstić information content (AvgIpc) is 2.37. The summed E-state index contributed by atoms with van der Waals surface area (Å²) in [7, 11) is 0. The first-order chi connectivity index (χ1) is 9.16. The zero-order valence-corrected chi connectivity index (χ0v) is 13.8. The molecule has 0 heterocycles. The molecular formula is C15H32N2OS. The molecule has 0 saturated heterocycles. The van der Waals surface area contributed by atoms with Crippen LogP contribution < -0.4 is 10.6 Å². The van der Waals surface area contributed by atoms with Gasteiger partial charge in [0.2, 0.25) is 0 Å². The van der Waals surface area contributed by atoms with Crippen molar-refractivity contribution in [1.29, 1.82) is 0 Å². The second kappa shape index (κ2) is 14.1. The van der Waals surface area contributed by atoms with Crippen LogP contribution >= 0.6 is 12.2 Å². The van der Waals surface area contributed by atoms with Gasteiger partial charge in [-0.3, -0.25) is 0 Å². The molecule has 0 aromatic carbocycles. The third-order valence-electron chi connectivity index (χ3n) is 2.95. The molecule has 0 aromatic rings. The Morgan fingerprint density at radius 1 is 1.00 bits per heavy atom. The SMILES string of the molecule is CCOCCCNC(=S)NCCCCCCC(C)C. The molecule has 0 aliphatic heterocycles. The molecule has 0 radical (unpaired) electrons. The molecule has 19 heavy (non-hydrogen) atoms. The smallest absolute Gasteiger partial charge is 0.166 e. The summed E-state index contributed by atoms with van der Waals surface area (Å²) in [6.45, 7) is 10.1. The highest BCUT2D eigenvalue weighted by Crippen LogP contribution is 2.08. The van der Waals surface area contributed by atoms with Crippen molar-refractivity contribution >= 4 is 17.3 Å². The lowest BCUT2D eigenvalue weighted by molar-refractivity contribution is 0.145. The highest BCUT2D eigenvalue weighted by molar-refractivity contribution is 7.80. The Balaban J connectivity index is 3.16. The summed E-state index contributed by atoms with van der Waals surface area (Å²) in [5.74, 6) is 0.839. The van der Waals surface area contributed by atoms with Crippen LogP contribution in [0.2, 0.25) is 0 Å². The van der Waals surface area contributed by atoms with Gasteiger partial charge in [-0.2, -0.15) is 0 Å². The van der Waals surface area contributed by atoms with Crippen LogP contribution in [0, 0.1) is 5.92 Å². The van der Waals surface area contributed by atoms with Crippen molar-refractivity contribution in [2.45, 2.75) is 59.3 Å². The minimum atomic E-state index is 0.777. The summed E-state index contributed by atoms with van der Waals surface area (Å²) >= 11 is 5.20. The number of ether oxygens (including phenoxy) is 1. The lowest BCUT2D eigenvalue weighted by Gasteiger charge is -2.10. The van der Waals surface area contributed by atoms with Crippen molar-refractivity contribution < 1.29 is 4.74 Å². The van der Waals surface area contributed by atoms with Crippen LogP contribution in [-0.2, 0) is 4.74 Å². The van der Waals surface area contributed by atoms with Crippen molar-refractivity contribution in [3.63, 3.8) is 0 Å². The molecule has 0 aliphatic rings. The number of rotatable bonds is 12. The number of nitrogens with one attached hydrogen (secondary N) is 2. The standard InChI is InChI=1S/C15H32N2OS/c1-4-18-13-9-12-17-15(19)16-11-8-6-5-7-10-14(2)3/h14H,4-13H2,1-3H3,(H2,16,17,19). The third kappa shape index (κ3) is 15.6. The van der Waals surface area contributed by atoms with E-state index in [9.17, 15) is 0 Å². The first-order valence-electron chi connectivity index (χ1n) is 7.76. The number of thiocarbonyl (C=S) groups is 1. The molecule has 3 nitrogen and oxygen atoms in total. The maximum atomic E-state index is 5.26. The zero-order valence-electron chi connectivity index (χ0n) is 13.0. The van der Waals surface area contributed by atoms with E-state index in [-0.39, 0.29) is 0 Å². The fraction of sp³-hybridized carbons (Fsp3) is 0.933. The molecule has 2 N–H and O–H groups in total. The number of hydrogen-bond donors (Lipinski definition) is 2. The zero-order chi connectivity index (χ0) is 14.3. The van der Waals surface area contributed by atoms with E-state index in [1.807, 2.05) is 6.92 Å². The molecule has 4 heteroatoms. The molecule has 0 saturated carbocycles. The maximum absolute atomic E-state index is 5.26. The normalized spacial score (nSPS) is 10.7. The molecule has 0 bridgehead atoms. The van der Waals surface area contributed by atoms with Gasteiger partial charge in [0.1, 0.15) is 0 Å². The molecule has 0 atom stereocenters. The molecule has 0 spiro atoms. The highest BCUT2D eigenvalue weighted by Gasteiger charge is 1.96. The maximum Gasteiger partial charge on any atom is 0.166 e. The molecule has 114 valence electrons. The third-order valence-corrected chi connectivity index (χ3v) is 3.24. The second-order valence-corrected chi connectivity index (χ2v) is 5.74. The predicted octanol–water partition coefficient (Wildman–Crippen LogP) is 3.48. The van der Waals surface area contributed by atoms with E-state index in [0.29, 0.717) is 0 Å². The van der Waals surface area contributed by atoms with E-state index in [0.717, 1.165) is 43.8 Å². The van der Waals surface area contributed by atoms with Gasteiger partial charge in [-0.05, 0) is 37.9 Å². The van der Waals surface area contributed by atoms with E-state index in [1.165, 1.54) is 32.1 Å². The van der Waals surface area contributed by atoms with Crippen molar-refractivity contribution in [3.05, 3.63) is 0 Å². The molecular weight excluding hydrogens is 256 g/mol.